The van der Waals surface area contributed by atoms with Crippen LogP contribution >= 0.6 is 0 Å². The van der Waals surface area contributed by atoms with Gasteiger partial charge in [0.05, 0.1) is 0 Å². The van der Waals surface area contributed by atoms with E-state index in [2.05, 4.69) is 6.92 Å². The van der Waals surface area contributed by atoms with Crippen LogP contribution in [0.5, 0.6) is 0 Å². The van der Waals surface area contributed by atoms with Gasteiger partial charge in [0, 0.05) is 19.6 Å². The van der Waals surface area contributed by atoms with Gasteiger partial charge in [-0.2, -0.15) is 0 Å². The molecule has 0 spiro atoms. The van der Waals surface area contributed by atoms with Gasteiger partial charge in [-0.3, -0.25) is 0 Å². The zero-order valence-corrected chi connectivity index (χ0v) is 4.93. The number of hydrogen-bond donors (Lipinski definition) is 0. The summed E-state index contributed by atoms with van der Waals surface area (Å²) in [5.74, 6) is 0. The first-order chi connectivity index (χ1) is 3.93. The Morgan fingerprint density at radius 1 is 1.75 bits per heavy atom. The summed E-state index contributed by atoms with van der Waals surface area (Å²) >= 11 is 0. The average molecular weight is 115 g/mol. The van der Waals surface area contributed by atoms with E-state index in [4.69, 9.17) is 9.47 Å². The maximum atomic E-state index is 5.13. The van der Waals surface area contributed by atoms with E-state index >= 15 is 0 Å². The minimum Gasteiger partial charge on any atom is -0.353 e. The smallest absolute Gasteiger partial charge is 0.157 e. The Morgan fingerprint density at radius 3 is 3.12 bits per heavy atom. The maximum Gasteiger partial charge on any atom is 0.157 e. The summed E-state index contributed by atoms with van der Waals surface area (Å²) in [6.45, 7) is 4.92. The van der Waals surface area contributed by atoms with Crippen LogP contribution in [0.15, 0.2) is 0 Å². The van der Waals surface area contributed by atoms with Crippen LogP contribution in [0.25, 0.3) is 0 Å². The molecule has 1 heterocycles. The summed E-state index contributed by atoms with van der Waals surface area (Å²) in [4.78, 5) is 0. The van der Waals surface area contributed by atoms with Gasteiger partial charge in [0.1, 0.15) is 0 Å². The van der Waals surface area contributed by atoms with Crippen LogP contribution in [0.4, 0.5) is 0 Å². The van der Waals surface area contributed by atoms with Crippen LogP contribution in [0.1, 0.15) is 12.8 Å². The lowest BCUT2D eigenvalue weighted by atomic mass is 10.4. The molecule has 1 rings (SSSR count). The Hall–Kier alpha value is -0.0800. The predicted octanol–water partition coefficient (Wildman–Crippen LogP) is 0.974. The number of ether oxygens (including phenoxy) is 2. The summed E-state index contributed by atoms with van der Waals surface area (Å²) in [6, 6.07) is 0. The molecule has 0 aromatic rings. The molecular weight excluding hydrogens is 104 g/mol. The molecule has 2 heteroatoms. The van der Waals surface area contributed by atoms with E-state index in [1.165, 1.54) is 0 Å². The Bertz CT molecular complexity index is 57.5. The van der Waals surface area contributed by atoms with Gasteiger partial charge in [-0.05, 0) is 13.3 Å². The zero-order chi connectivity index (χ0) is 5.82. The highest BCUT2D eigenvalue weighted by Crippen LogP contribution is 2.11. The van der Waals surface area contributed by atoms with Gasteiger partial charge >= 0.3 is 0 Å². The molecule has 0 amide bonds. The third-order valence-corrected chi connectivity index (χ3v) is 1.19. The normalized spacial score (nSPS) is 28.9. The lowest BCUT2D eigenvalue weighted by molar-refractivity contribution is -0.102. The summed E-state index contributed by atoms with van der Waals surface area (Å²) in [5, 5.41) is 0. The predicted molar refractivity (Wildman–Crippen MR) is 30.3 cm³/mol. The quantitative estimate of drug-likeness (QED) is 0.534. The van der Waals surface area contributed by atoms with Gasteiger partial charge in [0.15, 0.2) is 6.29 Å². The Morgan fingerprint density at radius 2 is 2.62 bits per heavy atom. The van der Waals surface area contributed by atoms with Gasteiger partial charge in [0.25, 0.3) is 0 Å². The van der Waals surface area contributed by atoms with Crippen molar-refractivity contribution in [3.8, 4) is 0 Å². The third kappa shape index (κ3) is 1.46. The summed E-state index contributed by atoms with van der Waals surface area (Å²) in [7, 11) is 0. The van der Waals surface area contributed by atoms with E-state index in [0.717, 1.165) is 19.4 Å². The fourth-order valence-electron chi connectivity index (χ4n) is 0.811. The Balaban J connectivity index is 2.06. The van der Waals surface area contributed by atoms with Crippen LogP contribution in [0.2, 0.25) is 0 Å². The summed E-state index contributed by atoms with van der Waals surface area (Å²) in [6.07, 6.45) is 2.22. The second-order valence-electron chi connectivity index (χ2n) is 1.81. The first kappa shape index (κ1) is 6.05. The summed E-state index contributed by atoms with van der Waals surface area (Å²) in [5.41, 5.74) is 0. The molecule has 1 unspecified atom stereocenters. The molecule has 0 aromatic heterocycles. The Labute approximate surface area is 49.8 Å². The second-order valence-corrected chi connectivity index (χ2v) is 1.81. The molecule has 0 bridgehead atoms. The highest BCUT2D eigenvalue weighted by molar-refractivity contribution is 4.53. The van der Waals surface area contributed by atoms with Gasteiger partial charge in [0.2, 0.25) is 0 Å². The van der Waals surface area contributed by atoms with Crippen molar-refractivity contribution in [2.75, 3.05) is 13.2 Å². The van der Waals surface area contributed by atoms with Crippen molar-refractivity contribution in [3.05, 3.63) is 6.92 Å². The molecule has 0 aliphatic carbocycles. The van der Waals surface area contributed by atoms with Crippen molar-refractivity contribution >= 4 is 0 Å². The molecule has 1 aliphatic rings. The van der Waals surface area contributed by atoms with E-state index in [1.807, 2.05) is 0 Å². The largest absolute Gasteiger partial charge is 0.353 e. The molecular formula is C6H11O2. The van der Waals surface area contributed by atoms with Crippen molar-refractivity contribution in [3.63, 3.8) is 0 Å². The van der Waals surface area contributed by atoms with Crippen LogP contribution in [0, 0.1) is 6.92 Å². The fraction of sp³-hybridized carbons (Fsp3) is 0.833. The van der Waals surface area contributed by atoms with Crippen LogP contribution in [-0.4, -0.2) is 19.5 Å². The van der Waals surface area contributed by atoms with Crippen molar-refractivity contribution < 1.29 is 9.47 Å². The van der Waals surface area contributed by atoms with E-state index in [0.29, 0.717) is 6.61 Å². The van der Waals surface area contributed by atoms with Crippen molar-refractivity contribution in [1.29, 1.82) is 0 Å². The van der Waals surface area contributed by atoms with Crippen molar-refractivity contribution in [2.45, 2.75) is 19.1 Å². The molecule has 1 aliphatic heterocycles. The Kier molecular flexibility index (Phi) is 2.30. The van der Waals surface area contributed by atoms with Crippen LogP contribution in [-0.2, 0) is 9.47 Å². The third-order valence-electron chi connectivity index (χ3n) is 1.19. The van der Waals surface area contributed by atoms with E-state index < -0.39 is 0 Å². The maximum absolute atomic E-state index is 5.13. The van der Waals surface area contributed by atoms with Crippen LogP contribution < -0.4 is 0 Å². The van der Waals surface area contributed by atoms with Crippen molar-refractivity contribution in [2.24, 2.45) is 0 Å². The highest BCUT2D eigenvalue weighted by Gasteiger charge is 2.13. The zero-order valence-electron chi connectivity index (χ0n) is 4.93. The molecule has 1 saturated heterocycles. The second kappa shape index (κ2) is 3.05. The lowest BCUT2D eigenvalue weighted by Crippen LogP contribution is -2.09. The van der Waals surface area contributed by atoms with E-state index in [-0.39, 0.29) is 6.29 Å². The molecule has 47 valence electrons. The highest BCUT2D eigenvalue weighted by atomic mass is 16.7. The molecule has 0 saturated carbocycles. The topological polar surface area (TPSA) is 18.5 Å². The minimum atomic E-state index is 0.0486. The molecule has 2 nitrogen and oxygen atoms in total. The lowest BCUT2D eigenvalue weighted by Gasteiger charge is -2.06. The molecule has 1 radical (unpaired) electrons. The molecule has 0 aromatic carbocycles. The van der Waals surface area contributed by atoms with Crippen LogP contribution in [0.3, 0.4) is 0 Å². The van der Waals surface area contributed by atoms with Gasteiger partial charge in [-0.1, -0.05) is 0 Å². The van der Waals surface area contributed by atoms with E-state index in [1.54, 1.807) is 0 Å². The summed E-state index contributed by atoms with van der Waals surface area (Å²) < 4.78 is 10.2. The number of rotatable bonds is 2. The monoisotopic (exact) mass is 115 g/mol. The first-order valence-corrected chi connectivity index (χ1v) is 2.96. The first-order valence-electron chi connectivity index (χ1n) is 2.96. The van der Waals surface area contributed by atoms with Gasteiger partial charge < -0.3 is 9.47 Å². The molecule has 1 atom stereocenters. The molecule has 8 heavy (non-hydrogen) atoms. The van der Waals surface area contributed by atoms with Crippen molar-refractivity contribution in [1.82, 2.24) is 0 Å². The fourth-order valence-corrected chi connectivity index (χ4v) is 0.811. The van der Waals surface area contributed by atoms with Gasteiger partial charge in [-0.25, -0.2) is 0 Å². The SMILES string of the molecule is [CH2]COC1CCCO1. The minimum absolute atomic E-state index is 0.0486. The molecule has 0 N–H and O–H groups in total. The number of hydrogen-bond acceptors (Lipinski definition) is 2. The standard InChI is InChI=1S/C6H11O2/c1-2-7-6-4-3-5-8-6/h6H,1-5H2. The molecule has 1 fully saturated rings. The van der Waals surface area contributed by atoms with Gasteiger partial charge in [-0.15, -0.1) is 0 Å². The van der Waals surface area contributed by atoms with E-state index in [9.17, 15) is 0 Å². The average Bonchev–Trinajstić information content (AvgIpc) is 2.19.